The van der Waals surface area contributed by atoms with Crippen molar-refractivity contribution in [2.75, 3.05) is 27.7 Å². The van der Waals surface area contributed by atoms with Gasteiger partial charge in [-0.1, -0.05) is 6.08 Å². The highest BCUT2D eigenvalue weighted by Gasteiger charge is 1.89. The molecule has 0 fully saturated rings. The molecule has 0 bridgehead atoms. The summed E-state index contributed by atoms with van der Waals surface area (Å²) in [6.45, 7) is 0.952. The summed E-state index contributed by atoms with van der Waals surface area (Å²) in [5.41, 5.74) is 0. The zero-order valence-electron chi connectivity index (χ0n) is 7.33. The summed E-state index contributed by atoms with van der Waals surface area (Å²) in [5, 5.41) is 0. The van der Waals surface area contributed by atoms with Gasteiger partial charge in [-0.25, -0.2) is 4.79 Å². The van der Waals surface area contributed by atoms with Gasteiger partial charge in [-0.05, 0) is 20.5 Å². The molecular formula is C8H15NO2. The Morgan fingerprint density at radius 3 is 2.64 bits per heavy atom. The number of carbonyl (C=O) groups excluding carboxylic acids is 1. The average Bonchev–Trinajstić information content (AvgIpc) is 1.97. The van der Waals surface area contributed by atoms with Crippen molar-refractivity contribution in [1.82, 2.24) is 4.90 Å². The minimum absolute atomic E-state index is 0.288. The first-order valence-electron chi connectivity index (χ1n) is 3.56. The molecule has 0 heterocycles. The van der Waals surface area contributed by atoms with Gasteiger partial charge in [-0.15, -0.1) is 0 Å². The van der Waals surface area contributed by atoms with Crippen molar-refractivity contribution < 1.29 is 9.53 Å². The standard InChI is InChI=1S/C8H15NO2/c1-9(2)7-5-4-6-8(10)11-3/h4,6H,5,7H2,1-3H3. The van der Waals surface area contributed by atoms with E-state index in [2.05, 4.69) is 9.64 Å². The van der Waals surface area contributed by atoms with Crippen molar-refractivity contribution in [2.45, 2.75) is 6.42 Å². The molecule has 0 atom stereocenters. The van der Waals surface area contributed by atoms with Crippen LogP contribution in [0.2, 0.25) is 0 Å². The quantitative estimate of drug-likeness (QED) is 0.443. The maximum atomic E-state index is 10.5. The van der Waals surface area contributed by atoms with E-state index < -0.39 is 0 Å². The van der Waals surface area contributed by atoms with Crippen molar-refractivity contribution >= 4 is 5.97 Å². The lowest BCUT2D eigenvalue weighted by molar-refractivity contribution is -0.134. The highest BCUT2D eigenvalue weighted by atomic mass is 16.5. The average molecular weight is 157 g/mol. The first-order valence-corrected chi connectivity index (χ1v) is 3.56. The molecule has 11 heavy (non-hydrogen) atoms. The van der Waals surface area contributed by atoms with E-state index in [-0.39, 0.29) is 5.97 Å². The Kier molecular flexibility index (Phi) is 5.47. The third-order valence-corrected chi connectivity index (χ3v) is 1.20. The third kappa shape index (κ3) is 7.06. The van der Waals surface area contributed by atoms with Gasteiger partial charge in [0.25, 0.3) is 0 Å². The predicted molar refractivity (Wildman–Crippen MR) is 44.3 cm³/mol. The summed E-state index contributed by atoms with van der Waals surface area (Å²) in [6.07, 6.45) is 4.14. The molecule has 0 amide bonds. The van der Waals surface area contributed by atoms with Gasteiger partial charge in [0.1, 0.15) is 0 Å². The number of methoxy groups -OCH3 is 1. The lowest BCUT2D eigenvalue weighted by Crippen LogP contribution is -2.11. The van der Waals surface area contributed by atoms with E-state index in [1.54, 1.807) is 0 Å². The Morgan fingerprint density at radius 2 is 2.18 bits per heavy atom. The van der Waals surface area contributed by atoms with Gasteiger partial charge in [-0.3, -0.25) is 0 Å². The van der Waals surface area contributed by atoms with Gasteiger partial charge in [0.15, 0.2) is 0 Å². The van der Waals surface area contributed by atoms with Crippen LogP contribution in [0, 0.1) is 0 Å². The van der Waals surface area contributed by atoms with Crippen molar-refractivity contribution in [3.63, 3.8) is 0 Å². The second kappa shape index (κ2) is 5.92. The Labute approximate surface area is 67.6 Å². The second-order valence-electron chi connectivity index (χ2n) is 2.52. The smallest absolute Gasteiger partial charge is 0.330 e. The fourth-order valence-electron chi connectivity index (χ4n) is 0.580. The van der Waals surface area contributed by atoms with Crippen molar-refractivity contribution in [2.24, 2.45) is 0 Å². The third-order valence-electron chi connectivity index (χ3n) is 1.20. The van der Waals surface area contributed by atoms with E-state index in [1.165, 1.54) is 13.2 Å². The van der Waals surface area contributed by atoms with Crippen LogP contribution in [0.1, 0.15) is 6.42 Å². The Morgan fingerprint density at radius 1 is 1.55 bits per heavy atom. The summed E-state index contributed by atoms with van der Waals surface area (Å²) in [6, 6.07) is 0. The first-order chi connectivity index (χ1) is 5.16. The molecule has 3 nitrogen and oxygen atoms in total. The number of hydrogen-bond acceptors (Lipinski definition) is 3. The fourth-order valence-corrected chi connectivity index (χ4v) is 0.580. The molecule has 0 rings (SSSR count). The van der Waals surface area contributed by atoms with Crippen molar-refractivity contribution in [3.05, 3.63) is 12.2 Å². The highest BCUT2D eigenvalue weighted by molar-refractivity contribution is 5.81. The molecule has 0 saturated carbocycles. The first kappa shape index (κ1) is 10.2. The maximum Gasteiger partial charge on any atom is 0.330 e. The van der Waals surface area contributed by atoms with Crippen LogP contribution in [0.4, 0.5) is 0 Å². The number of carbonyl (C=O) groups is 1. The summed E-state index contributed by atoms with van der Waals surface area (Å²) in [5.74, 6) is -0.288. The Hall–Kier alpha value is -0.830. The van der Waals surface area contributed by atoms with Gasteiger partial charge >= 0.3 is 5.97 Å². The molecule has 0 spiro atoms. The van der Waals surface area contributed by atoms with Crippen LogP contribution < -0.4 is 0 Å². The monoisotopic (exact) mass is 157 g/mol. The number of hydrogen-bond donors (Lipinski definition) is 0. The molecule has 0 aliphatic carbocycles. The van der Waals surface area contributed by atoms with E-state index in [4.69, 9.17) is 0 Å². The molecular weight excluding hydrogens is 142 g/mol. The van der Waals surface area contributed by atoms with Crippen LogP contribution in [-0.2, 0) is 9.53 Å². The van der Waals surface area contributed by atoms with Crippen LogP contribution in [-0.4, -0.2) is 38.6 Å². The van der Waals surface area contributed by atoms with Gasteiger partial charge in [0.05, 0.1) is 7.11 Å². The second-order valence-corrected chi connectivity index (χ2v) is 2.52. The zero-order chi connectivity index (χ0) is 8.69. The molecule has 64 valence electrons. The SMILES string of the molecule is COC(=O)C=CCCN(C)C. The normalized spacial score (nSPS) is 10.9. The summed E-state index contributed by atoms with van der Waals surface area (Å²) in [4.78, 5) is 12.6. The van der Waals surface area contributed by atoms with E-state index in [0.29, 0.717) is 0 Å². The number of ether oxygens (including phenoxy) is 1. The largest absolute Gasteiger partial charge is 0.466 e. The van der Waals surface area contributed by atoms with E-state index in [9.17, 15) is 4.79 Å². The Balaban J connectivity index is 3.37. The number of rotatable bonds is 4. The molecule has 0 unspecified atom stereocenters. The molecule has 0 radical (unpaired) electrons. The van der Waals surface area contributed by atoms with E-state index in [0.717, 1.165) is 13.0 Å². The summed E-state index contributed by atoms with van der Waals surface area (Å²) >= 11 is 0. The predicted octanol–water partition coefficient (Wildman–Crippen LogP) is 0.667. The molecule has 0 aromatic rings. The molecule has 0 aromatic heterocycles. The fraction of sp³-hybridized carbons (Fsp3) is 0.625. The van der Waals surface area contributed by atoms with Gasteiger partial charge in [0, 0.05) is 12.6 Å². The molecule has 0 N–H and O–H groups in total. The minimum atomic E-state index is -0.288. The van der Waals surface area contributed by atoms with Gasteiger partial charge in [0.2, 0.25) is 0 Å². The molecule has 0 aliphatic rings. The molecule has 3 heteroatoms. The van der Waals surface area contributed by atoms with Gasteiger partial charge in [-0.2, -0.15) is 0 Å². The van der Waals surface area contributed by atoms with Crippen LogP contribution in [0.3, 0.4) is 0 Å². The molecule has 0 aliphatic heterocycles. The lowest BCUT2D eigenvalue weighted by Gasteiger charge is -2.05. The number of esters is 1. The zero-order valence-corrected chi connectivity index (χ0v) is 7.33. The minimum Gasteiger partial charge on any atom is -0.466 e. The highest BCUT2D eigenvalue weighted by Crippen LogP contribution is 1.86. The topological polar surface area (TPSA) is 29.5 Å². The van der Waals surface area contributed by atoms with Crippen LogP contribution in [0.5, 0.6) is 0 Å². The van der Waals surface area contributed by atoms with Crippen molar-refractivity contribution in [3.8, 4) is 0 Å². The van der Waals surface area contributed by atoms with E-state index >= 15 is 0 Å². The van der Waals surface area contributed by atoms with E-state index in [1.807, 2.05) is 20.2 Å². The Bertz CT molecular complexity index is 141. The summed E-state index contributed by atoms with van der Waals surface area (Å²) in [7, 11) is 5.36. The molecule has 0 aromatic carbocycles. The van der Waals surface area contributed by atoms with Crippen LogP contribution in [0.15, 0.2) is 12.2 Å². The maximum absolute atomic E-state index is 10.5. The summed E-state index contributed by atoms with van der Waals surface area (Å²) < 4.78 is 4.42. The number of nitrogens with zero attached hydrogens (tertiary/aromatic N) is 1. The lowest BCUT2D eigenvalue weighted by atomic mass is 10.3. The molecule has 0 saturated heterocycles. The van der Waals surface area contributed by atoms with Gasteiger partial charge < -0.3 is 9.64 Å². The van der Waals surface area contributed by atoms with Crippen LogP contribution >= 0.6 is 0 Å². The van der Waals surface area contributed by atoms with Crippen molar-refractivity contribution in [1.29, 1.82) is 0 Å². The van der Waals surface area contributed by atoms with Crippen LogP contribution in [0.25, 0.3) is 0 Å².